The highest BCUT2D eigenvalue weighted by molar-refractivity contribution is 6.00. The Morgan fingerprint density at radius 1 is 1.61 bits per heavy atom. The summed E-state index contributed by atoms with van der Waals surface area (Å²) in [4.78, 5) is 13.0. The fourth-order valence-corrected chi connectivity index (χ4v) is 1.77. The molecule has 0 spiro atoms. The van der Waals surface area contributed by atoms with Crippen molar-refractivity contribution in [2.24, 2.45) is 0 Å². The minimum atomic E-state index is -1.24. The van der Waals surface area contributed by atoms with E-state index in [4.69, 9.17) is 5.73 Å². The highest BCUT2D eigenvalue weighted by Crippen LogP contribution is 2.29. The number of carboxylic acids is 1. The number of carboxylic acid groups (broad SMARTS) is 1. The van der Waals surface area contributed by atoms with Crippen LogP contribution in [0.3, 0.4) is 0 Å². The van der Waals surface area contributed by atoms with E-state index in [0.29, 0.717) is 12.2 Å². The van der Waals surface area contributed by atoms with Crippen molar-refractivity contribution in [2.45, 2.75) is 19.9 Å². The topological polar surface area (TPSA) is 66.6 Å². The number of hydrogen-bond acceptors (Lipinski definition) is 3. The third kappa shape index (κ3) is 2.61. The van der Waals surface area contributed by atoms with Crippen molar-refractivity contribution in [3.8, 4) is 0 Å². The smallest absolute Gasteiger partial charge is 0.340 e. The summed E-state index contributed by atoms with van der Waals surface area (Å²) in [5, 5.41) is 9.17. The van der Waals surface area contributed by atoms with E-state index in [-0.39, 0.29) is 17.3 Å². The van der Waals surface area contributed by atoms with Crippen molar-refractivity contribution in [3.05, 3.63) is 36.2 Å². The van der Waals surface area contributed by atoms with Crippen LogP contribution in [-0.2, 0) is 0 Å². The second kappa shape index (κ2) is 5.53. The zero-order valence-corrected chi connectivity index (χ0v) is 10.5. The molecule has 98 valence electrons. The maximum atomic E-state index is 13.3. The summed E-state index contributed by atoms with van der Waals surface area (Å²) < 4.78 is 13.3. The number of halogens is 1. The summed E-state index contributed by atoms with van der Waals surface area (Å²) in [6, 6.07) is 2.65. The molecule has 18 heavy (non-hydrogen) atoms. The normalized spacial score (nSPS) is 10.4. The Labute approximate surface area is 106 Å². The second-order valence-corrected chi connectivity index (χ2v) is 4.20. The van der Waals surface area contributed by atoms with E-state index in [1.165, 1.54) is 12.1 Å². The molecule has 1 aromatic rings. The number of carbonyl (C=O) groups is 1. The monoisotopic (exact) mass is 252 g/mol. The number of rotatable bonds is 5. The number of aromatic carboxylic acids is 1. The lowest BCUT2D eigenvalue weighted by atomic mass is 10.1. The van der Waals surface area contributed by atoms with Gasteiger partial charge in [0.05, 0.1) is 11.4 Å². The lowest BCUT2D eigenvalue weighted by molar-refractivity contribution is 0.0698. The van der Waals surface area contributed by atoms with Crippen LogP contribution in [0.15, 0.2) is 24.8 Å². The number of nitrogens with zero attached hydrogens (tertiary/aromatic N) is 1. The van der Waals surface area contributed by atoms with Gasteiger partial charge in [-0.3, -0.25) is 0 Å². The van der Waals surface area contributed by atoms with Crippen LogP contribution in [0.4, 0.5) is 15.8 Å². The fraction of sp³-hybridized carbons (Fsp3) is 0.308. The number of hydrogen-bond donors (Lipinski definition) is 2. The van der Waals surface area contributed by atoms with Crippen LogP contribution in [0.2, 0.25) is 0 Å². The summed E-state index contributed by atoms with van der Waals surface area (Å²) in [7, 11) is 0. The SMILES string of the molecule is C=CCN(c1ccc(F)c(N)c1C(=O)O)C(C)C. The van der Waals surface area contributed by atoms with E-state index in [9.17, 15) is 14.3 Å². The quantitative estimate of drug-likeness (QED) is 0.624. The van der Waals surface area contributed by atoms with Gasteiger partial charge in [-0.15, -0.1) is 6.58 Å². The van der Waals surface area contributed by atoms with E-state index < -0.39 is 11.8 Å². The molecule has 0 fully saturated rings. The van der Waals surface area contributed by atoms with Gasteiger partial charge in [0, 0.05) is 12.6 Å². The zero-order chi connectivity index (χ0) is 13.9. The van der Waals surface area contributed by atoms with Gasteiger partial charge in [-0.1, -0.05) is 6.08 Å². The van der Waals surface area contributed by atoms with Gasteiger partial charge < -0.3 is 15.7 Å². The predicted octanol–water partition coefficient (Wildman–Crippen LogP) is 2.51. The Morgan fingerprint density at radius 2 is 2.22 bits per heavy atom. The first-order valence-corrected chi connectivity index (χ1v) is 5.59. The molecule has 1 aromatic carbocycles. The largest absolute Gasteiger partial charge is 0.478 e. The van der Waals surface area contributed by atoms with Crippen LogP contribution in [0.5, 0.6) is 0 Å². The van der Waals surface area contributed by atoms with Crippen LogP contribution in [-0.4, -0.2) is 23.7 Å². The molecular formula is C13H17FN2O2. The third-order valence-corrected chi connectivity index (χ3v) is 2.64. The molecule has 1 rings (SSSR count). The van der Waals surface area contributed by atoms with E-state index >= 15 is 0 Å². The highest BCUT2D eigenvalue weighted by Gasteiger charge is 2.22. The number of nitrogen functional groups attached to an aromatic ring is 1. The first-order chi connectivity index (χ1) is 8.40. The van der Waals surface area contributed by atoms with E-state index in [1.54, 1.807) is 11.0 Å². The van der Waals surface area contributed by atoms with Crippen LogP contribution < -0.4 is 10.6 Å². The first kappa shape index (κ1) is 14.0. The van der Waals surface area contributed by atoms with Crippen LogP contribution in [0.25, 0.3) is 0 Å². The Kier molecular flexibility index (Phi) is 4.31. The molecule has 0 aromatic heterocycles. The van der Waals surface area contributed by atoms with Crippen LogP contribution in [0.1, 0.15) is 24.2 Å². The van der Waals surface area contributed by atoms with Crippen molar-refractivity contribution >= 4 is 17.3 Å². The van der Waals surface area contributed by atoms with Gasteiger partial charge in [0.25, 0.3) is 0 Å². The highest BCUT2D eigenvalue weighted by atomic mass is 19.1. The van der Waals surface area contributed by atoms with Crippen molar-refractivity contribution < 1.29 is 14.3 Å². The molecule has 0 radical (unpaired) electrons. The maximum Gasteiger partial charge on any atom is 0.340 e. The Bertz CT molecular complexity index is 472. The molecule has 0 aliphatic heterocycles. The molecule has 0 aliphatic rings. The van der Waals surface area contributed by atoms with Gasteiger partial charge in [0.1, 0.15) is 11.4 Å². The van der Waals surface area contributed by atoms with Crippen molar-refractivity contribution in [1.29, 1.82) is 0 Å². The molecule has 0 heterocycles. The number of benzene rings is 1. The van der Waals surface area contributed by atoms with Crippen molar-refractivity contribution in [2.75, 3.05) is 17.2 Å². The average molecular weight is 252 g/mol. The Balaban J connectivity index is 3.42. The minimum Gasteiger partial charge on any atom is -0.478 e. The molecule has 5 heteroatoms. The van der Waals surface area contributed by atoms with Gasteiger partial charge in [-0.2, -0.15) is 0 Å². The van der Waals surface area contributed by atoms with Crippen molar-refractivity contribution in [1.82, 2.24) is 0 Å². The molecule has 0 saturated heterocycles. The summed E-state index contributed by atoms with van der Waals surface area (Å²) in [5.41, 5.74) is 5.37. The summed E-state index contributed by atoms with van der Waals surface area (Å²) in [6.45, 7) is 7.91. The first-order valence-electron chi connectivity index (χ1n) is 5.59. The lowest BCUT2D eigenvalue weighted by Gasteiger charge is -2.29. The van der Waals surface area contributed by atoms with E-state index in [0.717, 1.165) is 0 Å². The van der Waals surface area contributed by atoms with E-state index in [2.05, 4.69) is 6.58 Å². The summed E-state index contributed by atoms with van der Waals surface area (Å²) >= 11 is 0. The zero-order valence-electron chi connectivity index (χ0n) is 10.5. The van der Waals surface area contributed by atoms with Crippen molar-refractivity contribution in [3.63, 3.8) is 0 Å². The van der Waals surface area contributed by atoms with E-state index in [1.807, 2.05) is 13.8 Å². The summed E-state index contributed by atoms with van der Waals surface area (Å²) in [5.74, 6) is -1.96. The van der Waals surface area contributed by atoms with Crippen LogP contribution >= 0.6 is 0 Å². The Morgan fingerprint density at radius 3 is 2.67 bits per heavy atom. The summed E-state index contributed by atoms with van der Waals surface area (Å²) in [6.07, 6.45) is 1.66. The predicted molar refractivity (Wildman–Crippen MR) is 70.5 cm³/mol. The number of nitrogens with two attached hydrogens (primary N) is 1. The molecule has 3 N–H and O–H groups in total. The lowest BCUT2D eigenvalue weighted by Crippen LogP contribution is -2.32. The fourth-order valence-electron chi connectivity index (χ4n) is 1.77. The molecule has 0 amide bonds. The van der Waals surface area contributed by atoms with Gasteiger partial charge in [0.15, 0.2) is 0 Å². The molecule has 0 unspecified atom stereocenters. The molecule has 4 nitrogen and oxygen atoms in total. The minimum absolute atomic E-state index is 0.0472. The molecule has 0 saturated carbocycles. The Hall–Kier alpha value is -2.04. The molecule has 0 atom stereocenters. The molecule has 0 bridgehead atoms. The van der Waals surface area contributed by atoms with Gasteiger partial charge in [-0.25, -0.2) is 9.18 Å². The second-order valence-electron chi connectivity index (χ2n) is 4.20. The van der Waals surface area contributed by atoms with Gasteiger partial charge >= 0.3 is 5.97 Å². The van der Waals surface area contributed by atoms with Crippen LogP contribution in [0, 0.1) is 5.82 Å². The standard InChI is InChI=1S/C13H17FN2O2/c1-4-7-16(8(2)3)10-6-5-9(14)12(15)11(10)13(17)18/h4-6,8H,1,7,15H2,2-3H3,(H,17,18). The molecule has 0 aliphatic carbocycles. The third-order valence-electron chi connectivity index (χ3n) is 2.64. The molecular weight excluding hydrogens is 235 g/mol. The number of anilines is 2. The average Bonchev–Trinajstić information content (AvgIpc) is 2.28. The van der Waals surface area contributed by atoms with Gasteiger partial charge in [-0.05, 0) is 26.0 Å². The maximum absolute atomic E-state index is 13.3. The van der Waals surface area contributed by atoms with Gasteiger partial charge in [0.2, 0.25) is 0 Å².